The molecule has 1 heterocycles. The Morgan fingerprint density at radius 1 is 1.26 bits per heavy atom. The van der Waals surface area contributed by atoms with Crippen molar-refractivity contribution in [1.82, 2.24) is 5.32 Å². The van der Waals surface area contributed by atoms with E-state index in [0.717, 1.165) is 36.2 Å². The molecule has 1 aliphatic heterocycles. The average Bonchev–Trinajstić information content (AvgIpc) is 3.13. The van der Waals surface area contributed by atoms with Gasteiger partial charge in [-0.3, -0.25) is 9.10 Å². The van der Waals surface area contributed by atoms with Crippen molar-refractivity contribution >= 4 is 21.6 Å². The molecule has 126 valence electrons. The number of hydrogen-bond acceptors (Lipinski definition) is 5. The van der Waals surface area contributed by atoms with Crippen molar-refractivity contribution in [3.8, 4) is 11.5 Å². The van der Waals surface area contributed by atoms with Crippen LogP contribution < -0.4 is 19.1 Å². The number of nitrogens with zero attached hydrogens (tertiary/aromatic N) is 1. The fourth-order valence-corrected chi connectivity index (χ4v) is 3.76. The number of fused-ring (bicyclic) bond motifs is 1. The van der Waals surface area contributed by atoms with Gasteiger partial charge in [-0.1, -0.05) is 12.8 Å². The van der Waals surface area contributed by atoms with E-state index in [2.05, 4.69) is 5.32 Å². The number of carbonyl (C=O) groups excluding carboxylic acids is 1. The van der Waals surface area contributed by atoms with Gasteiger partial charge in [0.05, 0.1) is 11.9 Å². The van der Waals surface area contributed by atoms with E-state index >= 15 is 0 Å². The maximum Gasteiger partial charge on any atom is 0.240 e. The van der Waals surface area contributed by atoms with Crippen LogP contribution in [-0.4, -0.2) is 40.0 Å². The predicted molar refractivity (Wildman–Crippen MR) is 85.2 cm³/mol. The molecule has 0 unspecified atom stereocenters. The molecule has 8 heteroatoms. The summed E-state index contributed by atoms with van der Waals surface area (Å²) >= 11 is 0. The van der Waals surface area contributed by atoms with Crippen LogP contribution in [-0.2, 0) is 14.8 Å². The van der Waals surface area contributed by atoms with E-state index in [-0.39, 0.29) is 25.3 Å². The molecule has 1 amide bonds. The van der Waals surface area contributed by atoms with Crippen LogP contribution in [0.3, 0.4) is 0 Å². The number of anilines is 1. The van der Waals surface area contributed by atoms with Crippen LogP contribution in [0, 0.1) is 0 Å². The molecular formula is C15H20N2O5S. The van der Waals surface area contributed by atoms with Crippen LogP contribution >= 0.6 is 0 Å². The van der Waals surface area contributed by atoms with Gasteiger partial charge in [0.1, 0.15) is 6.54 Å². The summed E-state index contributed by atoms with van der Waals surface area (Å²) < 4.78 is 35.7. The highest BCUT2D eigenvalue weighted by atomic mass is 32.2. The normalized spacial score (nSPS) is 17.3. The van der Waals surface area contributed by atoms with Gasteiger partial charge >= 0.3 is 0 Å². The second kappa shape index (κ2) is 6.27. The molecule has 1 aliphatic carbocycles. The Hall–Kier alpha value is -1.96. The van der Waals surface area contributed by atoms with Crippen molar-refractivity contribution in [1.29, 1.82) is 0 Å². The van der Waals surface area contributed by atoms with Gasteiger partial charge in [0.15, 0.2) is 11.5 Å². The van der Waals surface area contributed by atoms with Crippen molar-refractivity contribution in [3.63, 3.8) is 0 Å². The SMILES string of the molecule is CS(=O)(=O)N(CC(=O)NC1CCCC1)c1ccc2c(c1)OCO2. The zero-order chi connectivity index (χ0) is 16.4. The molecule has 0 aromatic heterocycles. The Balaban J connectivity index is 1.77. The lowest BCUT2D eigenvalue weighted by Crippen LogP contribution is -2.43. The molecule has 0 atom stereocenters. The average molecular weight is 340 g/mol. The van der Waals surface area contributed by atoms with Gasteiger partial charge in [0.2, 0.25) is 22.7 Å². The first-order chi connectivity index (χ1) is 10.9. The molecule has 1 saturated carbocycles. The summed E-state index contributed by atoms with van der Waals surface area (Å²) in [5, 5.41) is 2.90. The third-order valence-corrected chi connectivity index (χ3v) is 5.19. The standard InChI is InChI=1S/C15H20N2O5S/c1-23(19,20)17(9-15(18)16-11-4-2-3-5-11)12-6-7-13-14(8-12)22-10-21-13/h6-8,11H,2-5,9-10H2,1H3,(H,16,18). The van der Waals surface area contributed by atoms with E-state index in [4.69, 9.17) is 9.47 Å². The van der Waals surface area contributed by atoms with Gasteiger partial charge in [-0.2, -0.15) is 0 Å². The van der Waals surface area contributed by atoms with E-state index in [1.165, 1.54) is 0 Å². The van der Waals surface area contributed by atoms with Crippen LogP contribution in [0.1, 0.15) is 25.7 Å². The molecule has 0 radical (unpaired) electrons. The maximum absolute atomic E-state index is 12.2. The number of amides is 1. The molecule has 1 aromatic rings. The molecule has 3 rings (SSSR count). The molecule has 2 aliphatic rings. The fourth-order valence-electron chi connectivity index (χ4n) is 2.91. The van der Waals surface area contributed by atoms with Gasteiger partial charge in [0.25, 0.3) is 0 Å². The minimum absolute atomic E-state index is 0.111. The van der Waals surface area contributed by atoms with Crippen LogP contribution in [0.5, 0.6) is 11.5 Å². The second-order valence-corrected chi connectivity index (χ2v) is 7.76. The van der Waals surface area contributed by atoms with Gasteiger partial charge in [-0.25, -0.2) is 8.42 Å². The third-order valence-electron chi connectivity index (χ3n) is 4.05. The summed E-state index contributed by atoms with van der Waals surface area (Å²) in [5.74, 6) is 0.755. The third kappa shape index (κ3) is 3.69. The van der Waals surface area contributed by atoms with Crippen LogP contribution in [0.25, 0.3) is 0 Å². The number of sulfonamides is 1. The largest absolute Gasteiger partial charge is 0.454 e. The molecule has 1 aromatic carbocycles. The minimum atomic E-state index is -3.59. The topological polar surface area (TPSA) is 84.9 Å². The number of carbonyl (C=O) groups is 1. The van der Waals surface area contributed by atoms with E-state index in [1.807, 2.05) is 0 Å². The Bertz CT molecular complexity index is 698. The summed E-state index contributed by atoms with van der Waals surface area (Å²) in [5.41, 5.74) is 0.387. The fraction of sp³-hybridized carbons (Fsp3) is 0.533. The van der Waals surface area contributed by atoms with Crippen molar-refractivity contribution in [2.75, 3.05) is 23.9 Å². The molecule has 0 saturated heterocycles. The molecular weight excluding hydrogens is 320 g/mol. The quantitative estimate of drug-likeness (QED) is 0.872. The molecule has 23 heavy (non-hydrogen) atoms. The first-order valence-corrected chi connectivity index (χ1v) is 9.45. The number of nitrogens with one attached hydrogen (secondary N) is 1. The monoisotopic (exact) mass is 340 g/mol. The molecule has 1 N–H and O–H groups in total. The Morgan fingerprint density at radius 2 is 1.96 bits per heavy atom. The Morgan fingerprint density at radius 3 is 2.65 bits per heavy atom. The first-order valence-electron chi connectivity index (χ1n) is 7.60. The van der Waals surface area contributed by atoms with E-state index in [9.17, 15) is 13.2 Å². The second-order valence-electron chi connectivity index (χ2n) is 5.86. The van der Waals surface area contributed by atoms with E-state index < -0.39 is 10.0 Å². The van der Waals surface area contributed by atoms with Crippen molar-refractivity contribution in [2.45, 2.75) is 31.7 Å². The van der Waals surface area contributed by atoms with Crippen LogP contribution in [0.4, 0.5) is 5.69 Å². The van der Waals surface area contributed by atoms with Gasteiger partial charge < -0.3 is 14.8 Å². The molecule has 0 spiro atoms. The maximum atomic E-state index is 12.2. The smallest absolute Gasteiger partial charge is 0.240 e. The lowest BCUT2D eigenvalue weighted by Gasteiger charge is -2.23. The Kier molecular flexibility index (Phi) is 4.34. The number of rotatable bonds is 5. The van der Waals surface area contributed by atoms with Gasteiger partial charge in [-0.15, -0.1) is 0 Å². The van der Waals surface area contributed by atoms with Crippen LogP contribution in [0.15, 0.2) is 18.2 Å². The highest BCUT2D eigenvalue weighted by molar-refractivity contribution is 7.92. The summed E-state index contributed by atoms with van der Waals surface area (Å²) in [4.78, 5) is 12.2. The molecule has 1 fully saturated rings. The lowest BCUT2D eigenvalue weighted by atomic mass is 10.2. The zero-order valence-corrected chi connectivity index (χ0v) is 13.8. The summed E-state index contributed by atoms with van der Waals surface area (Å²) in [6.07, 6.45) is 5.19. The van der Waals surface area contributed by atoms with Gasteiger partial charge in [0, 0.05) is 12.1 Å². The first kappa shape index (κ1) is 15.9. The number of hydrogen-bond donors (Lipinski definition) is 1. The highest BCUT2D eigenvalue weighted by Crippen LogP contribution is 2.36. The lowest BCUT2D eigenvalue weighted by molar-refractivity contribution is -0.120. The minimum Gasteiger partial charge on any atom is -0.454 e. The summed E-state index contributed by atoms with van der Waals surface area (Å²) in [6, 6.07) is 4.98. The number of ether oxygens (including phenoxy) is 2. The summed E-state index contributed by atoms with van der Waals surface area (Å²) in [6.45, 7) is -0.130. The van der Waals surface area contributed by atoms with Crippen molar-refractivity contribution in [2.24, 2.45) is 0 Å². The zero-order valence-electron chi connectivity index (χ0n) is 12.9. The van der Waals surface area contributed by atoms with E-state index in [0.29, 0.717) is 17.2 Å². The predicted octanol–water partition coefficient (Wildman–Crippen LogP) is 1.24. The van der Waals surface area contributed by atoms with Crippen molar-refractivity contribution in [3.05, 3.63) is 18.2 Å². The molecule has 7 nitrogen and oxygen atoms in total. The van der Waals surface area contributed by atoms with Gasteiger partial charge in [-0.05, 0) is 25.0 Å². The highest BCUT2D eigenvalue weighted by Gasteiger charge is 2.25. The van der Waals surface area contributed by atoms with Crippen LogP contribution in [0.2, 0.25) is 0 Å². The summed E-state index contributed by atoms with van der Waals surface area (Å²) in [7, 11) is -3.59. The Labute approximate surface area is 135 Å². The van der Waals surface area contributed by atoms with E-state index in [1.54, 1.807) is 18.2 Å². The number of benzene rings is 1. The van der Waals surface area contributed by atoms with Crippen molar-refractivity contribution < 1.29 is 22.7 Å². The molecule has 0 bridgehead atoms.